The lowest BCUT2D eigenvalue weighted by Gasteiger charge is -2.08. The molecule has 0 aliphatic heterocycles. The van der Waals surface area contributed by atoms with Crippen LogP contribution in [-0.4, -0.2) is 6.29 Å². The molecule has 2 N–H and O–H groups in total. The minimum absolute atomic E-state index is 0.309. The van der Waals surface area contributed by atoms with Gasteiger partial charge in [0.25, 0.3) is 0 Å². The van der Waals surface area contributed by atoms with Crippen molar-refractivity contribution in [2.24, 2.45) is 11.7 Å². The predicted octanol–water partition coefficient (Wildman–Crippen LogP) is 1.07. The van der Waals surface area contributed by atoms with Gasteiger partial charge >= 0.3 is 0 Å². The molecule has 2 heteroatoms. The Hall–Kier alpha value is -1.31. The highest BCUT2D eigenvalue weighted by molar-refractivity contribution is 5.65. The molecule has 0 aromatic rings. The summed E-state index contributed by atoms with van der Waals surface area (Å²) in [6, 6.07) is 0. The SMILES string of the molecule is NC1=CCC(C=C[C]=O)C=C1. The monoisotopic (exact) mass is 148 g/mol. The Morgan fingerprint density at radius 2 is 2.55 bits per heavy atom. The minimum Gasteiger partial charge on any atom is -0.399 e. The molecule has 0 amide bonds. The molecule has 1 aliphatic carbocycles. The fourth-order valence-electron chi connectivity index (χ4n) is 0.959. The summed E-state index contributed by atoms with van der Waals surface area (Å²) in [5.74, 6) is 0.309. The second kappa shape index (κ2) is 3.76. The Bertz CT molecular complexity index is 226. The first-order valence-corrected chi connectivity index (χ1v) is 3.51. The van der Waals surface area contributed by atoms with Crippen LogP contribution in [0.4, 0.5) is 0 Å². The van der Waals surface area contributed by atoms with Gasteiger partial charge in [-0.3, -0.25) is 4.79 Å². The summed E-state index contributed by atoms with van der Waals surface area (Å²) in [4.78, 5) is 9.84. The van der Waals surface area contributed by atoms with E-state index in [0.29, 0.717) is 5.92 Å². The smallest absolute Gasteiger partial charge is 0.225 e. The van der Waals surface area contributed by atoms with E-state index >= 15 is 0 Å². The van der Waals surface area contributed by atoms with Crippen LogP contribution in [0.2, 0.25) is 0 Å². The molecule has 11 heavy (non-hydrogen) atoms. The molecular weight excluding hydrogens is 138 g/mol. The zero-order valence-corrected chi connectivity index (χ0v) is 6.16. The summed E-state index contributed by atoms with van der Waals surface area (Å²) in [7, 11) is 0. The zero-order valence-electron chi connectivity index (χ0n) is 6.16. The second-order valence-electron chi connectivity index (χ2n) is 2.44. The number of hydrogen-bond acceptors (Lipinski definition) is 2. The minimum atomic E-state index is 0.309. The van der Waals surface area contributed by atoms with Crippen LogP contribution in [0.3, 0.4) is 0 Å². The molecule has 1 unspecified atom stereocenters. The van der Waals surface area contributed by atoms with Crippen LogP contribution in [-0.2, 0) is 4.79 Å². The van der Waals surface area contributed by atoms with Crippen LogP contribution in [0.1, 0.15) is 6.42 Å². The molecule has 0 saturated carbocycles. The van der Waals surface area contributed by atoms with Crippen LogP contribution < -0.4 is 5.73 Å². The first-order chi connectivity index (χ1) is 5.33. The summed E-state index contributed by atoms with van der Waals surface area (Å²) < 4.78 is 0. The quantitative estimate of drug-likeness (QED) is 0.595. The number of hydrogen-bond donors (Lipinski definition) is 1. The maximum atomic E-state index is 9.84. The van der Waals surface area contributed by atoms with Crippen molar-refractivity contribution in [2.75, 3.05) is 0 Å². The fourth-order valence-corrected chi connectivity index (χ4v) is 0.959. The third-order valence-corrected chi connectivity index (χ3v) is 1.57. The molecule has 1 radical (unpaired) electrons. The molecule has 1 rings (SSSR count). The summed E-state index contributed by atoms with van der Waals surface area (Å²) in [6.45, 7) is 0. The van der Waals surface area contributed by atoms with Crippen LogP contribution in [0, 0.1) is 5.92 Å². The van der Waals surface area contributed by atoms with Gasteiger partial charge in [0, 0.05) is 5.70 Å². The number of allylic oxidation sites excluding steroid dienone is 5. The second-order valence-corrected chi connectivity index (χ2v) is 2.44. The molecule has 0 heterocycles. The molecule has 0 aromatic heterocycles. The van der Waals surface area contributed by atoms with E-state index in [-0.39, 0.29) is 0 Å². The van der Waals surface area contributed by atoms with Gasteiger partial charge in [-0.2, -0.15) is 0 Å². The Labute approximate surface area is 66.1 Å². The highest BCUT2D eigenvalue weighted by Gasteiger charge is 2.01. The first kappa shape index (κ1) is 7.79. The Kier molecular flexibility index (Phi) is 2.66. The van der Waals surface area contributed by atoms with Gasteiger partial charge in [0.15, 0.2) is 0 Å². The van der Waals surface area contributed by atoms with Gasteiger partial charge in [-0.1, -0.05) is 18.2 Å². The maximum absolute atomic E-state index is 9.84. The molecule has 2 nitrogen and oxygen atoms in total. The third-order valence-electron chi connectivity index (χ3n) is 1.57. The normalized spacial score (nSPS) is 23.6. The molecule has 0 spiro atoms. The van der Waals surface area contributed by atoms with Gasteiger partial charge < -0.3 is 5.73 Å². The molecule has 0 aromatic carbocycles. The number of rotatable bonds is 2. The number of carbonyl (C=O) groups excluding carboxylic acids is 1. The van der Waals surface area contributed by atoms with E-state index in [2.05, 4.69) is 0 Å². The lowest BCUT2D eigenvalue weighted by Crippen LogP contribution is -2.01. The topological polar surface area (TPSA) is 43.1 Å². The van der Waals surface area contributed by atoms with E-state index in [0.717, 1.165) is 12.1 Å². The molecule has 1 aliphatic rings. The van der Waals surface area contributed by atoms with E-state index < -0.39 is 0 Å². The summed E-state index contributed by atoms with van der Waals surface area (Å²) in [5.41, 5.74) is 6.29. The standard InChI is InChI=1S/C9H10NO/c10-9-5-3-8(4-6-9)2-1-7-11/h1-3,5-6,8H,4,10H2. The zero-order chi connectivity index (χ0) is 8.10. The maximum Gasteiger partial charge on any atom is 0.225 e. The van der Waals surface area contributed by atoms with Crippen molar-refractivity contribution in [3.05, 3.63) is 36.1 Å². The Morgan fingerprint density at radius 1 is 1.73 bits per heavy atom. The van der Waals surface area contributed by atoms with E-state index in [1.54, 1.807) is 6.29 Å². The van der Waals surface area contributed by atoms with Crippen molar-refractivity contribution in [1.29, 1.82) is 0 Å². The average Bonchev–Trinajstić information content (AvgIpc) is 2.04. The van der Waals surface area contributed by atoms with E-state index in [4.69, 9.17) is 5.73 Å². The van der Waals surface area contributed by atoms with Crippen molar-refractivity contribution in [1.82, 2.24) is 0 Å². The molecule has 57 valence electrons. The predicted molar refractivity (Wildman–Crippen MR) is 44.4 cm³/mol. The molecule has 1 atom stereocenters. The average molecular weight is 148 g/mol. The van der Waals surface area contributed by atoms with Crippen LogP contribution in [0.5, 0.6) is 0 Å². The van der Waals surface area contributed by atoms with Crippen LogP contribution >= 0.6 is 0 Å². The van der Waals surface area contributed by atoms with Crippen molar-refractivity contribution in [2.45, 2.75) is 6.42 Å². The van der Waals surface area contributed by atoms with Gasteiger partial charge in [0.05, 0.1) is 0 Å². The molecule has 0 bridgehead atoms. The van der Waals surface area contributed by atoms with Crippen LogP contribution in [0.15, 0.2) is 36.1 Å². The van der Waals surface area contributed by atoms with Gasteiger partial charge in [-0.15, -0.1) is 0 Å². The highest BCUT2D eigenvalue weighted by atomic mass is 16.1. The Balaban J connectivity index is 2.49. The van der Waals surface area contributed by atoms with Crippen molar-refractivity contribution < 1.29 is 4.79 Å². The Morgan fingerprint density at radius 3 is 3.09 bits per heavy atom. The van der Waals surface area contributed by atoms with Gasteiger partial charge in [-0.25, -0.2) is 0 Å². The number of nitrogens with two attached hydrogens (primary N) is 1. The first-order valence-electron chi connectivity index (χ1n) is 3.51. The van der Waals surface area contributed by atoms with E-state index in [1.807, 2.05) is 24.3 Å². The lowest BCUT2D eigenvalue weighted by atomic mass is 9.99. The van der Waals surface area contributed by atoms with Crippen LogP contribution in [0.25, 0.3) is 0 Å². The fraction of sp³-hybridized carbons (Fsp3) is 0.222. The molecule has 0 saturated heterocycles. The van der Waals surface area contributed by atoms with Crippen molar-refractivity contribution >= 4 is 6.29 Å². The summed E-state index contributed by atoms with van der Waals surface area (Å²) in [5, 5.41) is 0. The molecule has 0 fully saturated rings. The van der Waals surface area contributed by atoms with Gasteiger partial charge in [-0.05, 0) is 24.5 Å². The van der Waals surface area contributed by atoms with Crippen molar-refractivity contribution in [3.63, 3.8) is 0 Å². The summed E-state index contributed by atoms with van der Waals surface area (Å²) >= 11 is 0. The van der Waals surface area contributed by atoms with Gasteiger partial charge in [0.1, 0.15) is 0 Å². The van der Waals surface area contributed by atoms with Crippen molar-refractivity contribution in [3.8, 4) is 0 Å². The van der Waals surface area contributed by atoms with E-state index in [1.165, 1.54) is 6.08 Å². The highest BCUT2D eigenvalue weighted by Crippen LogP contribution is 2.14. The molecular formula is C9H10NO. The van der Waals surface area contributed by atoms with E-state index in [9.17, 15) is 4.79 Å². The third kappa shape index (κ3) is 2.42. The summed E-state index contributed by atoms with van der Waals surface area (Å²) in [6.07, 6.45) is 11.6. The van der Waals surface area contributed by atoms with Gasteiger partial charge in [0.2, 0.25) is 6.29 Å². The largest absolute Gasteiger partial charge is 0.399 e. The lowest BCUT2D eigenvalue weighted by molar-refractivity contribution is 0.564.